The van der Waals surface area contributed by atoms with Gasteiger partial charge in [-0.1, -0.05) is 41.6 Å². The van der Waals surface area contributed by atoms with Crippen LogP contribution in [0.3, 0.4) is 0 Å². The Bertz CT molecular complexity index is 958. The maximum Gasteiger partial charge on any atom is 0.255 e. The Hall–Kier alpha value is -2.83. The zero-order valence-electron chi connectivity index (χ0n) is 15.9. The monoisotopic (exact) mass is 393 g/mol. The summed E-state index contributed by atoms with van der Waals surface area (Å²) in [5, 5.41) is 2.89. The van der Waals surface area contributed by atoms with E-state index in [9.17, 15) is 4.79 Å². The van der Waals surface area contributed by atoms with Crippen molar-refractivity contribution in [1.29, 1.82) is 0 Å². The van der Waals surface area contributed by atoms with Gasteiger partial charge in [-0.2, -0.15) is 0 Å². The van der Waals surface area contributed by atoms with E-state index in [1.54, 1.807) is 31.0 Å². The highest BCUT2D eigenvalue weighted by molar-refractivity contribution is 7.99. The van der Waals surface area contributed by atoms with Crippen molar-refractivity contribution >= 4 is 23.5 Å². The summed E-state index contributed by atoms with van der Waals surface area (Å²) in [4.78, 5) is 18.9. The van der Waals surface area contributed by atoms with Gasteiger partial charge < -0.3 is 15.8 Å². The van der Waals surface area contributed by atoms with Gasteiger partial charge in [-0.15, -0.1) is 0 Å². The number of anilines is 1. The van der Waals surface area contributed by atoms with Gasteiger partial charge in [0, 0.05) is 23.4 Å². The molecular weight excluding hydrogens is 370 g/mol. The van der Waals surface area contributed by atoms with E-state index in [1.165, 1.54) is 10.5 Å². The lowest BCUT2D eigenvalue weighted by Crippen LogP contribution is -2.24. The lowest BCUT2D eigenvalue weighted by Gasteiger charge is -2.09. The molecule has 144 valence electrons. The molecule has 1 amide bonds. The van der Waals surface area contributed by atoms with E-state index < -0.39 is 0 Å². The lowest BCUT2D eigenvalue weighted by molar-refractivity contribution is 0.0951. The van der Waals surface area contributed by atoms with Crippen molar-refractivity contribution in [3.63, 3.8) is 0 Å². The van der Waals surface area contributed by atoms with E-state index in [1.807, 2.05) is 12.1 Å². The van der Waals surface area contributed by atoms with Gasteiger partial charge in [-0.05, 0) is 48.9 Å². The Morgan fingerprint density at radius 1 is 1.11 bits per heavy atom. The van der Waals surface area contributed by atoms with Crippen LogP contribution in [0.15, 0.2) is 70.5 Å². The summed E-state index contributed by atoms with van der Waals surface area (Å²) in [5.41, 5.74) is 9.22. The fourth-order valence-corrected chi connectivity index (χ4v) is 3.64. The van der Waals surface area contributed by atoms with Crippen LogP contribution in [0.25, 0.3) is 0 Å². The van der Waals surface area contributed by atoms with Gasteiger partial charge >= 0.3 is 0 Å². The van der Waals surface area contributed by atoms with Crippen LogP contribution in [0.4, 0.5) is 5.82 Å². The standard InChI is InChI=1S/C22H23N3O2S/c1-15-4-3-5-19(12-15)28-18-9-6-16(7-10-18)13-24-22(26)20-11-8-17(14-27-2)25-21(20)23/h3-12H,13-14H2,1-2H3,(H2,23,25)(H,24,26). The zero-order chi connectivity index (χ0) is 19.9. The molecule has 1 heterocycles. The second kappa shape index (κ2) is 9.39. The zero-order valence-corrected chi connectivity index (χ0v) is 16.8. The van der Waals surface area contributed by atoms with Gasteiger partial charge in [0.2, 0.25) is 0 Å². The quantitative estimate of drug-likeness (QED) is 0.629. The predicted molar refractivity (Wildman–Crippen MR) is 112 cm³/mol. The van der Waals surface area contributed by atoms with Crippen LogP contribution in [0, 0.1) is 6.92 Å². The van der Waals surface area contributed by atoms with E-state index in [-0.39, 0.29) is 11.7 Å². The first-order chi connectivity index (χ1) is 13.5. The highest BCUT2D eigenvalue weighted by Gasteiger charge is 2.11. The number of hydrogen-bond acceptors (Lipinski definition) is 5. The Balaban J connectivity index is 1.58. The van der Waals surface area contributed by atoms with Crippen molar-refractivity contribution in [3.05, 3.63) is 83.0 Å². The molecule has 3 N–H and O–H groups in total. The van der Waals surface area contributed by atoms with E-state index >= 15 is 0 Å². The number of nitrogen functional groups attached to an aromatic ring is 1. The first kappa shape index (κ1) is 19.9. The van der Waals surface area contributed by atoms with E-state index in [2.05, 4.69) is 53.6 Å². The van der Waals surface area contributed by atoms with E-state index in [0.717, 1.165) is 10.5 Å². The summed E-state index contributed by atoms with van der Waals surface area (Å²) in [6, 6.07) is 20.0. The summed E-state index contributed by atoms with van der Waals surface area (Å²) in [6.45, 7) is 2.87. The molecule has 0 unspecified atom stereocenters. The van der Waals surface area contributed by atoms with Crippen LogP contribution in [0.2, 0.25) is 0 Å². The van der Waals surface area contributed by atoms with Gasteiger partial charge in [0.1, 0.15) is 5.82 Å². The van der Waals surface area contributed by atoms with Crippen LogP contribution in [0.5, 0.6) is 0 Å². The van der Waals surface area contributed by atoms with Gasteiger partial charge in [-0.25, -0.2) is 4.98 Å². The molecular formula is C22H23N3O2S. The number of hydrogen-bond donors (Lipinski definition) is 2. The molecule has 0 bridgehead atoms. The number of ether oxygens (including phenoxy) is 1. The molecule has 0 fully saturated rings. The molecule has 0 spiro atoms. The molecule has 0 aliphatic rings. The Morgan fingerprint density at radius 2 is 1.89 bits per heavy atom. The fraction of sp³-hybridized carbons (Fsp3) is 0.182. The molecule has 6 heteroatoms. The smallest absolute Gasteiger partial charge is 0.255 e. The molecule has 0 radical (unpaired) electrons. The second-order valence-electron chi connectivity index (χ2n) is 6.41. The molecule has 0 atom stereocenters. The normalized spacial score (nSPS) is 10.6. The van der Waals surface area contributed by atoms with Crippen molar-refractivity contribution in [1.82, 2.24) is 10.3 Å². The van der Waals surface area contributed by atoms with E-state index in [4.69, 9.17) is 10.5 Å². The molecule has 28 heavy (non-hydrogen) atoms. The van der Waals surface area contributed by atoms with Crippen molar-refractivity contribution in [3.8, 4) is 0 Å². The van der Waals surface area contributed by atoms with Crippen LogP contribution in [-0.2, 0) is 17.9 Å². The van der Waals surface area contributed by atoms with Crippen LogP contribution in [0.1, 0.15) is 27.2 Å². The maximum atomic E-state index is 12.4. The van der Waals surface area contributed by atoms with Gasteiger partial charge in [0.05, 0.1) is 17.9 Å². The fourth-order valence-electron chi connectivity index (χ4n) is 2.71. The molecule has 0 saturated heterocycles. The number of methoxy groups -OCH3 is 1. The maximum absolute atomic E-state index is 12.4. The third kappa shape index (κ3) is 5.34. The predicted octanol–water partition coefficient (Wildman–Crippen LogP) is 4.20. The average Bonchev–Trinajstić information content (AvgIpc) is 2.68. The highest BCUT2D eigenvalue weighted by atomic mass is 32.2. The molecule has 0 aliphatic heterocycles. The number of carbonyl (C=O) groups excluding carboxylic acids is 1. The SMILES string of the molecule is COCc1ccc(C(=O)NCc2ccc(Sc3cccc(C)c3)cc2)c(N)n1. The summed E-state index contributed by atoms with van der Waals surface area (Å²) in [5.74, 6) is -0.0378. The summed E-state index contributed by atoms with van der Waals surface area (Å²) in [6.07, 6.45) is 0. The van der Waals surface area contributed by atoms with Gasteiger partial charge in [0.15, 0.2) is 0 Å². The molecule has 2 aromatic carbocycles. The number of nitrogens with two attached hydrogens (primary N) is 1. The summed E-state index contributed by atoms with van der Waals surface area (Å²) in [7, 11) is 1.59. The van der Waals surface area contributed by atoms with Crippen LogP contribution < -0.4 is 11.1 Å². The Morgan fingerprint density at radius 3 is 2.57 bits per heavy atom. The van der Waals surface area contributed by atoms with Crippen molar-refractivity contribution in [2.24, 2.45) is 0 Å². The van der Waals surface area contributed by atoms with Crippen LogP contribution in [-0.4, -0.2) is 18.0 Å². The third-order valence-electron chi connectivity index (χ3n) is 4.12. The number of nitrogens with one attached hydrogen (secondary N) is 1. The number of pyridine rings is 1. The van der Waals surface area contributed by atoms with Gasteiger partial charge in [0.25, 0.3) is 5.91 Å². The molecule has 0 saturated carbocycles. The minimum Gasteiger partial charge on any atom is -0.383 e. The number of aryl methyl sites for hydroxylation is 1. The molecule has 3 rings (SSSR count). The Labute approximate surface area is 169 Å². The van der Waals surface area contributed by atoms with Crippen molar-refractivity contribution in [2.45, 2.75) is 29.9 Å². The number of nitrogens with zero attached hydrogens (tertiary/aromatic N) is 1. The van der Waals surface area contributed by atoms with E-state index in [0.29, 0.717) is 24.4 Å². The van der Waals surface area contributed by atoms with Gasteiger partial charge in [-0.3, -0.25) is 4.79 Å². The van der Waals surface area contributed by atoms with Crippen molar-refractivity contribution in [2.75, 3.05) is 12.8 Å². The van der Waals surface area contributed by atoms with Crippen molar-refractivity contribution < 1.29 is 9.53 Å². The molecule has 3 aromatic rings. The lowest BCUT2D eigenvalue weighted by atomic mass is 10.2. The minimum atomic E-state index is -0.243. The topological polar surface area (TPSA) is 77.2 Å². The Kier molecular flexibility index (Phi) is 6.68. The minimum absolute atomic E-state index is 0.206. The first-order valence-corrected chi connectivity index (χ1v) is 9.73. The third-order valence-corrected chi connectivity index (χ3v) is 5.12. The summed E-state index contributed by atoms with van der Waals surface area (Å²) >= 11 is 1.72. The molecule has 5 nitrogen and oxygen atoms in total. The molecule has 0 aliphatic carbocycles. The first-order valence-electron chi connectivity index (χ1n) is 8.91. The number of rotatable bonds is 7. The highest BCUT2D eigenvalue weighted by Crippen LogP contribution is 2.28. The second-order valence-corrected chi connectivity index (χ2v) is 7.56. The average molecular weight is 394 g/mol. The largest absolute Gasteiger partial charge is 0.383 e. The number of aromatic nitrogens is 1. The van der Waals surface area contributed by atoms with Crippen LogP contribution >= 0.6 is 11.8 Å². The number of benzene rings is 2. The number of amides is 1. The number of carbonyl (C=O) groups is 1. The molecule has 1 aromatic heterocycles. The summed E-state index contributed by atoms with van der Waals surface area (Å²) < 4.78 is 5.02.